The summed E-state index contributed by atoms with van der Waals surface area (Å²) in [6, 6.07) is 30.6. The number of aliphatic hydroxyl groups excluding tert-OH is 1. The maximum Gasteiger partial charge on any atom is 0.337 e. The van der Waals surface area contributed by atoms with Gasteiger partial charge in [0.25, 0.3) is 8.32 Å². The van der Waals surface area contributed by atoms with Crippen LogP contribution in [0.3, 0.4) is 0 Å². The molecule has 5 rings (SSSR count). The summed E-state index contributed by atoms with van der Waals surface area (Å²) < 4.78 is 74.6. The Bertz CT molecular complexity index is 2320. The van der Waals surface area contributed by atoms with Crippen molar-refractivity contribution in [3.63, 3.8) is 0 Å². The number of ether oxygens (including phenoxy) is 11. The summed E-state index contributed by atoms with van der Waals surface area (Å²) in [6.45, 7) is 27.6. The largest absolute Gasteiger partial charge is 0.497 e. The Balaban J connectivity index is 1.44. The number of hydrogen-bond donors (Lipinski definition) is 1. The smallest absolute Gasteiger partial charge is 0.337 e. The predicted octanol–water partition coefficient (Wildman–Crippen LogP) is 12.1. The average molecular weight is 1230 g/mol. The number of esters is 1. The standard InChI is InChI=1S/C65H104O14S2Si2/c1-18-48(44-77-83(62(3,4)5,53-26-21-19-22-27-53)54-28-23-20-24-29-54)38-47(2)55(74-43-49-30-32-50(69-11)33-31-49)39-51(70-12)42-58(75-45-68-10)63(6,7)65(80-35-25-36-81-65)60(66)57(71-13)41-52-40-56(79-64(8,9)78-52)59(61(67)72-14)76-46-73-34-37-82(15,16)17/h19-24,26-33,38,48,51-52,55-60,66H,18,25,34-37,39-46H2,1-17H3/b47-38-/t48-,51-,52+,55-,56-,57-,58+,59+,60-/m1/s1. The summed E-state index contributed by atoms with van der Waals surface area (Å²) in [5.41, 5.74) is 1.40. The lowest BCUT2D eigenvalue weighted by atomic mass is 9.75. The van der Waals surface area contributed by atoms with Gasteiger partial charge in [0.1, 0.15) is 31.5 Å². The highest BCUT2D eigenvalue weighted by atomic mass is 32.2. The maximum absolute atomic E-state index is 13.3. The quantitative estimate of drug-likeness (QED) is 0.0196. The molecule has 0 saturated carbocycles. The first kappa shape index (κ1) is 71.1. The molecule has 0 aromatic heterocycles. The van der Waals surface area contributed by atoms with E-state index >= 15 is 0 Å². The molecule has 18 heteroatoms. The number of carbonyl (C=O) groups is 1. The highest BCUT2D eigenvalue weighted by Crippen LogP contribution is 2.59. The van der Waals surface area contributed by atoms with Gasteiger partial charge in [0.2, 0.25) is 0 Å². The number of hydrogen-bond acceptors (Lipinski definition) is 16. The lowest BCUT2D eigenvalue weighted by Gasteiger charge is -2.55. The van der Waals surface area contributed by atoms with Gasteiger partial charge in [-0.1, -0.05) is 140 Å². The zero-order valence-corrected chi connectivity index (χ0v) is 57.0. The number of aliphatic hydroxyl groups is 1. The van der Waals surface area contributed by atoms with Crippen molar-refractivity contribution in [2.75, 3.05) is 73.9 Å². The molecule has 2 heterocycles. The minimum absolute atomic E-state index is 0.0404. The molecule has 0 amide bonds. The van der Waals surface area contributed by atoms with E-state index in [0.717, 1.165) is 47.3 Å². The summed E-state index contributed by atoms with van der Waals surface area (Å²) in [5, 5.41) is 15.5. The van der Waals surface area contributed by atoms with Gasteiger partial charge in [-0.15, -0.1) is 23.5 Å². The molecule has 0 bridgehead atoms. The van der Waals surface area contributed by atoms with Gasteiger partial charge >= 0.3 is 5.97 Å². The first-order chi connectivity index (χ1) is 39.3. The second-order valence-electron chi connectivity index (χ2n) is 25.5. The minimum atomic E-state index is -2.81. The number of benzene rings is 3. The van der Waals surface area contributed by atoms with Crippen molar-refractivity contribution in [2.24, 2.45) is 11.3 Å². The third kappa shape index (κ3) is 19.7. The molecule has 9 atom stereocenters. The molecular weight excluding hydrogens is 1130 g/mol. The first-order valence-electron chi connectivity index (χ1n) is 29.8. The summed E-state index contributed by atoms with van der Waals surface area (Å²) >= 11 is 3.51. The van der Waals surface area contributed by atoms with Crippen LogP contribution in [0.5, 0.6) is 5.75 Å². The van der Waals surface area contributed by atoms with E-state index in [0.29, 0.717) is 45.5 Å². The molecule has 2 saturated heterocycles. The van der Waals surface area contributed by atoms with Crippen molar-refractivity contribution in [2.45, 2.75) is 197 Å². The summed E-state index contributed by atoms with van der Waals surface area (Å²) in [7, 11) is 3.89. The molecule has 0 unspecified atom stereocenters. The number of methoxy groups -OCH3 is 5. The Morgan fingerprint density at radius 1 is 0.819 bits per heavy atom. The number of thioether (sulfide) groups is 2. The molecule has 14 nitrogen and oxygen atoms in total. The molecule has 2 aliphatic rings. The van der Waals surface area contributed by atoms with Crippen LogP contribution in [-0.4, -0.2) is 160 Å². The SMILES string of the molecule is CC[C@H](/C=C(/C)[C@@H](C[C@H](C[C@H](OCOC)C(C)(C)C1([C@H](O)[C@@H](C[C@@H]2C[C@H]([C@H](OCOCC[Si](C)(C)C)C(=O)OC)OC(C)(C)O2)OC)SCCCS1)OC)OCc1ccc(OC)cc1)CO[Si](c1ccccc1)(c1ccccc1)C(C)(C)C. The van der Waals surface area contributed by atoms with Gasteiger partial charge in [0, 0.05) is 73.7 Å². The highest BCUT2D eigenvalue weighted by molar-refractivity contribution is 8.19. The van der Waals surface area contributed by atoms with Crippen molar-refractivity contribution in [1.29, 1.82) is 0 Å². The zero-order valence-electron chi connectivity index (χ0n) is 53.3. The van der Waals surface area contributed by atoms with E-state index in [-0.39, 0.29) is 36.7 Å². The zero-order chi connectivity index (χ0) is 61.1. The summed E-state index contributed by atoms with van der Waals surface area (Å²) in [6.07, 6.45) is 0.708. The predicted molar refractivity (Wildman–Crippen MR) is 341 cm³/mol. The average Bonchev–Trinajstić information content (AvgIpc) is 2.34. The van der Waals surface area contributed by atoms with Gasteiger partial charge in [0.05, 0.1) is 55.4 Å². The molecule has 2 fully saturated rings. The van der Waals surface area contributed by atoms with Crippen LogP contribution in [0.1, 0.15) is 106 Å². The van der Waals surface area contributed by atoms with Crippen LogP contribution in [0.4, 0.5) is 0 Å². The third-order valence-corrected chi connectivity index (χ3v) is 27.2. The van der Waals surface area contributed by atoms with Gasteiger partial charge in [-0.2, -0.15) is 0 Å². The van der Waals surface area contributed by atoms with Crippen molar-refractivity contribution < 1.29 is 66.4 Å². The van der Waals surface area contributed by atoms with Crippen LogP contribution in [0.2, 0.25) is 30.7 Å². The second-order valence-corrected chi connectivity index (χ2v) is 38.3. The van der Waals surface area contributed by atoms with Gasteiger partial charge in [-0.3, -0.25) is 0 Å². The molecule has 2 aliphatic heterocycles. The van der Waals surface area contributed by atoms with Crippen molar-refractivity contribution >= 4 is 56.3 Å². The van der Waals surface area contributed by atoms with E-state index in [1.807, 2.05) is 38.1 Å². The van der Waals surface area contributed by atoms with Crippen LogP contribution in [0, 0.1) is 11.3 Å². The monoisotopic (exact) mass is 1230 g/mol. The Morgan fingerprint density at radius 2 is 1.45 bits per heavy atom. The lowest BCUT2D eigenvalue weighted by Crippen LogP contribution is -2.66. The fourth-order valence-electron chi connectivity index (χ4n) is 11.6. The first-order valence-corrected chi connectivity index (χ1v) is 37.3. The van der Waals surface area contributed by atoms with Gasteiger partial charge in [-0.05, 0) is 95.8 Å². The highest BCUT2D eigenvalue weighted by Gasteiger charge is 2.59. The van der Waals surface area contributed by atoms with E-state index in [1.165, 1.54) is 17.5 Å². The Kier molecular flexibility index (Phi) is 28.4. The molecule has 0 spiro atoms. The van der Waals surface area contributed by atoms with Gasteiger partial charge in [-0.25, -0.2) is 4.79 Å². The van der Waals surface area contributed by atoms with E-state index in [4.69, 9.17) is 56.5 Å². The van der Waals surface area contributed by atoms with E-state index in [9.17, 15) is 9.90 Å². The molecule has 83 heavy (non-hydrogen) atoms. The molecule has 1 N–H and O–H groups in total. The van der Waals surface area contributed by atoms with Crippen LogP contribution >= 0.6 is 23.5 Å². The summed E-state index contributed by atoms with van der Waals surface area (Å²) in [4.78, 5) is 13.3. The fourth-order valence-corrected chi connectivity index (χ4v) is 20.8. The number of carbonyl (C=O) groups excluding carboxylic acids is 1. The van der Waals surface area contributed by atoms with Gasteiger partial charge < -0.3 is 61.6 Å². The topological polar surface area (TPSA) is 148 Å². The van der Waals surface area contributed by atoms with Crippen LogP contribution in [0.15, 0.2) is 96.6 Å². The maximum atomic E-state index is 13.3. The van der Waals surface area contributed by atoms with Crippen molar-refractivity contribution in [3.8, 4) is 5.75 Å². The van der Waals surface area contributed by atoms with Crippen molar-refractivity contribution in [3.05, 3.63) is 102 Å². The van der Waals surface area contributed by atoms with E-state index in [1.54, 1.807) is 52.0 Å². The fraction of sp³-hybridized carbons (Fsp3) is 0.677. The third-order valence-electron chi connectivity index (χ3n) is 16.4. The van der Waals surface area contributed by atoms with Crippen LogP contribution < -0.4 is 15.1 Å². The normalized spacial score (nSPS) is 20.6. The van der Waals surface area contributed by atoms with Gasteiger partial charge in [0.15, 0.2) is 11.9 Å². The Morgan fingerprint density at radius 3 is 1.98 bits per heavy atom. The summed E-state index contributed by atoms with van der Waals surface area (Å²) in [5.74, 6) is 0.888. The molecule has 3 aromatic rings. The van der Waals surface area contributed by atoms with Crippen LogP contribution in [-0.2, 0) is 63.2 Å². The molecule has 0 radical (unpaired) electrons. The second kappa shape index (κ2) is 33.1. The molecule has 468 valence electrons. The van der Waals surface area contributed by atoms with E-state index in [2.05, 4.69) is 135 Å². The number of rotatable bonds is 35. The van der Waals surface area contributed by atoms with Crippen molar-refractivity contribution in [1.82, 2.24) is 0 Å². The van der Waals surface area contributed by atoms with Crippen LogP contribution in [0.25, 0.3) is 0 Å². The Hall–Kier alpha value is -2.64. The molecule has 3 aromatic carbocycles. The minimum Gasteiger partial charge on any atom is -0.497 e. The Labute approximate surface area is 509 Å². The molecular formula is C65H104O14S2Si2. The van der Waals surface area contributed by atoms with E-state index < -0.39 is 74.3 Å². The lowest BCUT2D eigenvalue weighted by molar-refractivity contribution is -0.320. The molecule has 0 aliphatic carbocycles.